The van der Waals surface area contributed by atoms with Gasteiger partial charge in [-0.3, -0.25) is 14.5 Å². The Morgan fingerprint density at radius 2 is 2.29 bits per heavy atom. The molecule has 1 aliphatic heterocycles. The normalized spacial score (nSPS) is 19.0. The molecule has 7 heteroatoms. The molecule has 0 aromatic carbocycles. The molecule has 0 saturated carbocycles. The first kappa shape index (κ1) is 15.9. The van der Waals surface area contributed by atoms with Crippen molar-refractivity contribution < 1.29 is 14.3 Å². The minimum Gasteiger partial charge on any atom is -0.373 e. The van der Waals surface area contributed by atoms with Gasteiger partial charge in [0.25, 0.3) is 5.91 Å². The van der Waals surface area contributed by atoms with Crippen molar-refractivity contribution >= 4 is 23.2 Å². The molecule has 1 fully saturated rings. The fourth-order valence-corrected chi connectivity index (χ4v) is 3.23. The Balaban J connectivity index is 1.91. The maximum atomic E-state index is 12.4. The summed E-state index contributed by atoms with van der Waals surface area (Å²) in [4.78, 5) is 28.8. The summed E-state index contributed by atoms with van der Waals surface area (Å²) in [6.45, 7) is 4.42. The van der Waals surface area contributed by atoms with E-state index in [1.54, 1.807) is 0 Å². The molecule has 6 nitrogen and oxygen atoms in total. The number of aryl methyl sites for hydroxylation is 1. The largest absolute Gasteiger partial charge is 0.373 e. The number of carbonyl (C=O) groups is 2. The number of morpholine rings is 1. The lowest BCUT2D eigenvalue weighted by Gasteiger charge is -2.34. The van der Waals surface area contributed by atoms with Crippen LogP contribution in [-0.2, 0) is 9.53 Å². The Morgan fingerprint density at radius 3 is 2.90 bits per heavy atom. The van der Waals surface area contributed by atoms with Gasteiger partial charge in [0.2, 0.25) is 5.91 Å². The van der Waals surface area contributed by atoms with Gasteiger partial charge in [0.05, 0.1) is 24.1 Å². The average Bonchev–Trinajstić information content (AvgIpc) is 2.84. The van der Waals surface area contributed by atoms with Crippen LogP contribution >= 0.6 is 11.3 Å². The number of hydrogen-bond acceptors (Lipinski definition) is 5. The molecule has 1 aliphatic rings. The summed E-state index contributed by atoms with van der Waals surface area (Å²) in [7, 11) is 1.82. The number of ether oxygens (including phenoxy) is 1. The summed E-state index contributed by atoms with van der Waals surface area (Å²) < 4.78 is 5.67. The quantitative estimate of drug-likeness (QED) is 0.849. The van der Waals surface area contributed by atoms with Crippen molar-refractivity contribution in [1.82, 2.24) is 9.80 Å². The number of carbonyl (C=O) groups excluding carboxylic acids is 2. The van der Waals surface area contributed by atoms with Gasteiger partial charge in [-0.15, -0.1) is 11.3 Å². The second kappa shape index (κ2) is 7.02. The van der Waals surface area contributed by atoms with Crippen LogP contribution in [0.2, 0.25) is 0 Å². The van der Waals surface area contributed by atoms with E-state index in [-0.39, 0.29) is 24.5 Å². The fourth-order valence-electron chi connectivity index (χ4n) is 2.40. The zero-order chi connectivity index (χ0) is 15.4. The number of likely N-dealkylation sites (N-methyl/N-ethyl adjacent to an activating group) is 1. The maximum Gasteiger partial charge on any atom is 0.264 e. The van der Waals surface area contributed by atoms with Crippen molar-refractivity contribution in [3.63, 3.8) is 0 Å². The fraction of sp³-hybridized carbons (Fsp3) is 0.571. The van der Waals surface area contributed by atoms with Gasteiger partial charge < -0.3 is 15.4 Å². The van der Waals surface area contributed by atoms with Crippen LogP contribution in [-0.4, -0.2) is 67.6 Å². The van der Waals surface area contributed by atoms with Crippen molar-refractivity contribution in [1.29, 1.82) is 0 Å². The number of thiophene rings is 1. The van der Waals surface area contributed by atoms with Crippen LogP contribution < -0.4 is 5.73 Å². The molecule has 2 rings (SSSR count). The minimum absolute atomic E-state index is 0.0546. The van der Waals surface area contributed by atoms with E-state index < -0.39 is 0 Å². The first-order valence-corrected chi connectivity index (χ1v) is 7.71. The Kier molecular flexibility index (Phi) is 5.33. The van der Waals surface area contributed by atoms with Crippen LogP contribution in [0.4, 0.5) is 0 Å². The molecule has 2 heterocycles. The third-order valence-corrected chi connectivity index (χ3v) is 4.31. The molecular weight excluding hydrogens is 290 g/mol. The van der Waals surface area contributed by atoms with Gasteiger partial charge in [-0.2, -0.15) is 0 Å². The summed E-state index contributed by atoms with van der Waals surface area (Å²) in [5.41, 5.74) is 5.17. The van der Waals surface area contributed by atoms with E-state index in [0.29, 0.717) is 26.2 Å². The standard InChI is InChI=1S/C14H21N3O3S/c1-10-3-4-12(21-10)14(19)17-5-6-20-11(8-17)7-16(2)9-13(15)18/h3-4,11H,5-9H2,1-2H3,(H2,15,18). The first-order valence-electron chi connectivity index (χ1n) is 6.90. The molecule has 0 bridgehead atoms. The van der Waals surface area contributed by atoms with Crippen molar-refractivity contribution in [2.45, 2.75) is 13.0 Å². The molecule has 1 aromatic heterocycles. The SMILES string of the molecule is Cc1ccc(C(=O)N2CCOC(CN(C)CC(N)=O)C2)s1. The molecule has 1 saturated heterocycles. The van der Waals surface area contributed by atoms with Gasteiger partial charge in [-0.05, 0) is 26.1 Å². The zero-order valence-corrected chi connectivity index (χ0v) is 13.2. The Morgan fingerprint density at radius 1 is 1.52 bits per heavy atom. The highest BCUT2D eigenvalue weighted by Gasteiger charge is 2.26. The van der Waals surface area contributed by atoms with Crippen molar-refractivity contribution in [2.75, 3.05) is 39.8 Å². The van der Waals surface area contributed by atoms with E-state index in [4.69, 9.17) is 10.5 Å². The lowest BCUT2D eigenvalue weighted by molar-refractivity contribution is -0.119. The molecule has 116 valence electrons. The summed E-state index contributed by atoms with van der Waals surface area (Å²) in [6, 6.07) is 3.82. The van der Waals surface area contributed by atoms with Gasteiger partial charge in [-0.1, -0.05) is 0 Å². The molecule has 1 aromatic rings. The zero-order valence-electron chi connectivity index (χ0n) is 12.4. The van der Waals surface area contributed by atoms with Crippen LogP contribution in [0.25, 0.3) is 0 Å². The highest BCUT2D eigenvalue weighted by molar-refractivity contribution is 7.13. The lowest BCUT2D eigenvalue weighted by atomic mass is 10.2. The van der Waals surface area contributed by atoms with Crippen LogP contribution in [0.3, 0.4) is 0 Å². The van der Waals surface area contributed by atoms with Crippen molar-refractivity contribution in [3.05, 3.63) is 21.9 Å². The van der Waals surface area contributed by atoms with Crippen LogP contribution in [0.15, 0.2) is 12.1 Å². The second-order valence-corrected chi connectivity index (χ2v) is 6.61. The number of nitrogens with two attached hydrogens (primary N) is 1. The maximum absolute atomic E-state index is 12.4. The smallest absolute Gasteiger partial charge is 0.264 e. The van der Waals surface area contributed by atoms with Crippen molar-refractivity contribution in [2.24, 2.45) is 5.73 Å². The Hall–Kier alpha value is -1.44. The van der Waals surface area contributed by atoms with Crippen molar-refractivity contribution in [3.8, 4) is 0 Å². The highest BCUT2D eigenvalue weighted by Crippen LogP contribution is 2.19. The molecule has 0 spiro atoms. The Labute approximate surface area is 128 Å². The topological polar surface area (TPSA) is 75.9 Å². The van der Waals surface area contributed by atoms with Gasteiger partial charge in [0, 0.05) is 24.5 Å². The summed E-state index contributed by atoms with van der Waals surface area (Å²) in [6.07, 6.45) is -0.0897. The summed E-state index contributed by atoms with van der Waals surface area (Å²) >= 11 is 1.51. The number of rotatable bonds is 5. The minimum atomic E-state index is -0.365. The summed E-state index contributed by atoms with van der Waals surface area (Å²) in [5, 5.41) is 0. The number of primary amides is 1. The highest BCUT2D eigenvalue weighted by atomic mass is 32.1. The third-order valence-electron chi connectivity index (χ3n) is 3.32. The van der Waals surface area contributed by atoms with Crippen LogP contribution in [0.1, 0.15) is 14.5 Å². The molecule has 0 radical (unpaired) electrons. The molecule has 1 atom stereocenters. The number of nitrogens with zero attached hydrogens (tertiary/aromatic N) is 2. The van der Waals surface area contributed by atoms with Gasteiger partial charge in [0.1, 0.15) is 0 Å². The summed E-state index contributed by atoms with van der Waals surface area (Å²) in [5.74, 6) is -0.311. The van der Waals surface area contributed by atoms with Crippen LogP contribution in [0, 0.1) is 6.92 Å². The molecule has 21 heavy (non-hydrogen) atoms. The number of hydrogen-bond donors (Lipinski definition) is 1. The molecule has 1 unspecified atom stereocenters. The van der Waals surface area contributed by atoms with E-state index >= 15 is 0 Å². The van der Waals surface area contributed by atoms with E-state index in [9.17, 15) is 9.59 Å². The Bertz CT molecular complexity index is 517. The average molecular weight is 311 g/mol. The van der Waals surface area contributed by atoms with Gasteiger partial charge >= 0.3 is 0 Å². The lowest BCUT2D eigenvalue weighted by Crippen LogP contribution is -2.49. The van der Waals surface area contributed by atoms with E-state index in [1.807, 2.05) is 35.9 Å². The molecule has 0 aliphatic carbocycles. The first-order chi connectivity index (χ1) is 9.95. The van der Waals surface area contributed by atoms with Crippen LogP contribution in [0.5, 0.6) is 0 Å². The molecular formula is C14H21N3O3S. The van der Waals surface area contributed by atoms with Gasteiger partial charge in [0.15, 0.2) is 0 Å². The second-order valence-electron chi connectivity index (χ2n) is 5.32. The molecule has 2 N–H and O–H groups in total. The monoisotopic (exact) mass is 311 g/mol. The predicted octanol–water partition coefficient (Wildman–Crippen LogP) is 0.315. The molecule has 2 amide bonds. The number of amides is 2. The van der Waals surface area contributed by atoms with E-state index in [2.05, 4.69) is 0 Å². The van der Waals surface area contributed by atoms with E-state index in [1.165, 1.54) is 11.3 Å². The third kappa shape index (κ3) is 4.52. The van der Waals surface area contributed by atoms with Gasteiger partial charge in [-0.25, -0.2) is 0 Å². The van der Waals surface area contributed by atoms with E-state index in [0.717, 1.165) is 9.75 Å². The predicted molar refractivity (Wildman–Crippen MR) is 81.4 cm³/mol.